The molecule has 3 aromatic rings. The van der Waals surface area contributed by atoms with E-state index in [1.54, 1.807) is 0 Å². The van der Waals surface area contributed by atoms with E-state index in [9.17, 15) is 0 Å². The van der Waals surface area contributed by atoms with Gasteiger partial charge in [0.2, 0.25) is 0 Å². The van der Waals surface area contributed by atoms with Crippen LogP contribution in [0.4, 0.5) is 0 Å². The van der Waals surface area contributed by atoms with Crippen LogP contribution in [0.5, 0.6) is 5.75 Å². The Bertz CT molecular complexity index is 1050. The van der Waals surface area contributed by atoms with Crippen molar-refractivity contribution in [3.63, 3.8) is 0 Å². The van der Waals surface area contributed by atoms with E-state index in [4.69, 9.17) is 9.73 Å². The molecular formula is C31H36N2O. The number of rotatable bonds is 13. The van der Waals surface area contributed by atoms with Gasteiger partial charge in [-0.15, -0.1) is 0 Å². The van der Waals surface area contributed by atoms with Gasteiger partial charge in [-0.3, -0.25) is 9.98 Å². The summed E-state index contributed by atoms with van der Waals surface area (Å²) >= 11 is 0. The summed E-state index contributed by atoms with van der Waals surface area (Å²) < 4.78 is 5.90. The van der Waals surface area contributed by atoms with Crippen LogP contribution in [0.1, 0.15) is 61.8 Å². The van der Waals surface area contributed by atoms with Gasteiger partial charge in [-0.1, -0.05) is 80.1 Å². The van der Waals surface area contributed by atoms with Crippen molar-refractivity contribution in [1.29, 1.82) is 0 Å². The summed E-state index contributed by atoms with van der Waals surface area (Å²) in [5.41, 5.74) is 4.44. The Hall–Kier alpha value is -3.46. The molecule has 0 N–H and O–H groups in total. The van der Waals surface area contributed by atoms with E-state index >= 15 is 0 Å². The predicted molar refractivity (Wildman–Crippen MR) is 146 cm³/mol. The quantitative estimate of drug-likeness (QED) is 0.192. The Morgan fingerprint density at radius 1 is 0.765 bits per heavy atom. The molecular weight excluding hydrogens is 416 g/mol. The molecule has 3 heteroatoms. The Labute approximate surface area is 205 Å². The highest BCUT2D eigenvalue weighted by molar-refractivity contribution is 5.80. The average Bonchev–Trinajstić information content (AvgIpc) is 2.87. The van der Waals surface area contributed by atoms with Gasteiger partial charge in [0.1, 0.15) is 12.4 Å². The fraction of sp³-hybridized carbons (Fsp3) is 0.290. The SMILES string of the molecule is C=Cc1ccc(COc2ccc(/C=N/C(C)(C)CCCCC/N=C/c3ccccc3)cc2)cc1. The van der Waals surface area contributed by atoms with Gasteiger partial charge in [0.05, 0.1) is 5.54 Å². The molecule has 34 heavy (non-hydrogen) atoms. The molecule has 0 fully saturated rings. The third kappa shape index (κ3) is 9.19. The highest BCUT2D eigenvalue weighted by Crippen LogP contribution is 2.20. The zero-order chi connectivity index (χ0) is 24.1. The molecule has 0 unspecified atom stereocenters. The van der Waals surface area contributed by atoms with Crippen molar-refractivity contribution in [2.75, 3.05) is 6.54 Å². The van der Waals surface area contributed by atoms with E-state index in [1.807, 2.05) is 61.0 Å². The van der Waals surface area contributed by atoms with Crippen LogP contribution >= 0.6 is 0 Å². The molecule has 0 saturated heterocycles. The maximum atomic E-state index is 5.90. The second kappa shape index (κ2) is 13.3. The monoisotopic (exact) mass is 452 g/mol. The normalized spacial score (nSPS) is 11.8. The summed E-state index contributed by atoms with van der Waals surface area (Å²) in [6.45, 7) is 9.62. The van der Waals surface area contributed by atoms with E-state index in [-0.39, 0.29) is 5.54 Å². The lowest BCUT2D eigenvalue weighted by Gasteiger charge is -2.19. The van der Waals surface area contributed by atoms with E-state index in [0.29, 0.717) is 6.61 Å². The number of hydrogen-bond donors (Lipinski definition) is 0. The molecule has 0 aromatic heterocycles. The topological polar surface area (TPSA) is 34.0 Å². The molecule has 0 amide bonds. The first-order chi connectivity index (χ1) is 16.5. The van der Waals surface area contributed by atoms with Crippen LogP contribution in [0.15, 0.2) is 95.4 Å². The Kier molecular flexibility index (Phi) is 9.84. The zero-order valence-corrected chi connectivity index (χ0v) is 20.5. The van der Waals surface area contributed by atoms with Crippen molar-refractivity contribution in [3.8, 4) is 5.75 Å². The van der Waals surface area contributed by atoms with Crippen molar-refractivity contribution < 1.29 is 4.74 Å². The number of hydrogen-bond acceptors (Lipinski definition) is 3. The first-order valence-electron chi connectivity index (χ1n) is 12.1. The van der Waals surface area contributed by atoms with Crippen LogP contribution < -0.4 is 4.74 Å². The summed E-state index contributed by atoms with van der Waals surface area (Å²) in [5, 5.41) is 0. The standard InChI is InChI=1S/C31H36N2O/c1-4-26-13-15-29(16-14-26)25-34-30-19-17-28(18-20-30)24-33-31(2,3)21-9-6-10-22-32-23-27-11-7-5-8-12-27/h4-5,7-8,11-20,23-24H,1,6,9-10,21-22,25H2,2-3H3/b32-23+,33-24+. The number of unbranched alkanes of at least 4 members (excludes halogenated alkanes) is 2. The number of ether oxygens (including phenoxy) is 1. The van der Waals surface area contributed by atoms with Gasteiger partial charge in [0.15, 0.2) is 0 Å². The van der Waals surface area contributed by atoms with Crippen molar-refractivity contribution in [1.82, 2.24) is 0 Å². The summed E-state index contributed by atoms with van der Waals surface area (Å²) in [7, 11) is 0. The van der Waals surface area contributed by atoms with Gasteiger partial charge >= 0.3 is 0 Å². The van der Waals surface area contributed by atoms with E-state index < -0.39 is 0 Å². The Balaban J connectivity index is 1.35. The molecule has 0 atom stereocenters. The molecule has 3 rings (SSSR count). The van der Waals surface area contributed by atoms with Gasteiger partial charge in [-0.05, 0) is 73.2 Å². The predicted octanol–water partition coefficient (Wildman–Crippen LogP) is 7.79. The van der Waals surface area contributed by atoms with Crippen LogP contribution in [0.2, 0.25) is 0 Å². The van der Waals surface area contributed by atoms with Crippen LogP contribution in [-0.2, 0) is 6.61 Å². The highest BCUT2D eigenvalue weighted by atomic mass is 16.5. The van der Waals surface area contributed by atoms with E-state index in [1.165, 1.54) is 6.42 Å². The maximum Gasteiger partial charge on any atom is 0.119 e. The first-order valence-corrected chi connectivity index (χ1v) is 12.1. The molecule has 0 heterocycles. The molecule has 3 aromatic carbocycles. The van der Waals surface area contributed by atoms with Crippen molar-refractivity contribution >= 4 is 18.5 Å². The van der Waals surface area contributed by atoms with Gasteiger partial charge in [0, 0.05) is 19.0 Å². The lowest BCUT2D eigenvalue weighted by molar-refractivity contribution is 0.306. The first kappa shape index (κ1) is 25.2. The smallest absolute Gasteiger partial charge is 0.119 e. The molecule has 0 aliphatic carbocycles. The second-order valence-electron chi connectivity index (χ2n) is 9.13. The zero-order valence-electron chi connectivity index (χ0n) is 20.5. The molecule has 176 valence electrons. The molecule has 0 bridgehead atoms. The van der Waals surface area contributed by atoms with Gasteiger partial charge in [-0.2, -0.15) is 0 Å². The Morgan fingerprint density at radius 3 is 2.15 bits per heavy atom. The molecule has 0 aliphatic heterocycles. The number of aliphatic imine (C=N–C) groups is 2. The van der Waals surface area contributed by atoms with Crippen molar-refractivity contribution in [3.05, 3.63) is 108 Å². The highest BCUT2D eigenvalue weighted by Gasteiger charge is 2.14. The Morgan fingerprint density at radius 2 is 1.44 bits per heavy atom. The lowest BCUT2D eigenvalue weighted by atomic mass is 9.97. The van der Waals surface area contributed by atoms with Gasteiger partial charge < -0.3 is 4.74 Å². The van der Waals surface area contributed by atoms with Crippen LogP contribution in [0.25, 0.3) is 6.08 Å². The fourth-order valence-electron chi connectivity index (χ4n) is 3.53. The van der Waals surface area contributed by atoms with E-state index in [2.05, 4.69) is 61.8 Å². The number of nitrogens with zero attached hydrogens (tertiary/aromatic N) is 2. The van der Waals surface area contributed by atoms with Crippen LogP contribution in [0, 0.1) is 0 Å². The molecule has 0 radical (unpaired) electrons. The summed E-state index contributed by atoms with van der Waals surface area (Å²) in [5.74, 6) is 0.860. The summed E-state index contributed by atoms with van der Waals surface area (Å²) in [6, 6.07) is 26.6. The minimum absolute atomic E-state index is 0.0694. The third-order valence-corrected chi connectivity index (χ3v) is 5.68. The molecule has 0 saturated carbocycles. The van der Waals surface area contributed by atoms with Gasteiger partial charge in [-0.25, -0.2) is 0 Å². The number of benzene rings is 3. The average molecular weight is 453 g/mol. The minimum atomic E-state index is -0.0694. The second-order valence-corrected chi connectivity index (χ2v) is 9.13. The summed E-state index contributed by atoms with van der Waals surface area (Å²) in [6.07, 6.45) is 10.3. The van der Waals surface area contributed by atoms with Gasteiger partial charge in [0.25, 0.3) is 0 Å². The van der Waals surface area contributed by atoms with E-state index in [0.717, 1.165) is 53.8 Å². The maximum absolute atomic E-state index is 5.90. The third-order valence-electron chi connectivity index (χ3n) is 5.68. The lowest BCUT2D eigenvalue weighted by Crippen LogP contribution is -2.16. The van der Waals surface area contributed by atoms with Crippen LogP contribution in [-0.4, -0.2) is 24.5 Å². The minimum Gasteiger partial charge on any atom is -0.489 e. The van der Waals surface area contributed by atoms with Crippen LogP contribution in [0.3, 0.4) is 0 Å². The van der Waals surface area contributed by atoms with Crippen molar-refractivity contribution in [2.45, 2.75) is 51.7 Å². The molecule has 0 spiro atoms. The van der Waals surface area contributed by atoms with Crippen molar-refractivity contribution in [2.24, 2.45) is 9.98 Å². The largest absolute Gasteiger partial charge is 0.489 e. The molecule has 3 nitrogen and oxygen atoms in total. The summed E-state index contributed by atoms with van der Waals surface area (Å²) in [4.78, 5) is 9.36. The molecule has 0 aliphatic rings. The fourth-order valence-corrected chi connectivity index (χ4v) is 3.53.